The number of nitrogens with one attached hydrogen (secondary N) is 1. The van der Waals surface area contributed by atoms with Crippen molar-refractivity contribution in [3.63, 3.8) is 0 Å². The molecule has 1 unspecified atom stereocenters. The Balaban J connectivity index is 2.17. The van der Waals surface area contributed by atoms with Crippen molar-refractivity contribution in [1.82, 2.24) is 10.3 Å². The second kappa shape index (κ2) is 5.67. The fraction of sp³-hybridized carbons (Fsp3) is 0.625. The molecule has 1 aromatic heterocycles. The summed E-state index contributed by atoms with van der Waals surface area (Å²) in [5.41, 5.74) is 1.87. The van der Waals surface area contributed by atoms with Crippen molar-refractivity contribution in [3.8, 4) is 0 Å². The zero-order valence-corrected chi connectivity index (χ0v) is 9.49. The molecular weight excluding hydrogens is 236 g/mol. The van der Waals surface area contributed by atoms with Gasteiger partial charge in [0, 0.05) is 29.0 Å². The maximum absolute atomic E-state index is 4.02. The Morgan fingerprint density at radius 1 is 1.75 bits per heavy atom. The maximum atomic E-state index is 4.02. The molecule has 1 heterocycles. The minimum Gasteiger partial charge on any atom is -0.309 e. The highest BCUT2D eigenvalue weighted by Gasteiger charge is 2.00. The molecule has 0 bridgehead atoms. The zero-order valence-electron chi connectivity index (χ0n) is 7.09. The van der Waals surface area contributed by atoms with Crippen molar-refractivity contribution in [2.45, 2.75) is 25.9 Å². The molecular formula is C8H13BrN2S. The van der Waals surface area contributed by atoms with Crippen molar-refractivity contribution < 1.29 is 0 Å². The number of aromatic nitrogens is 1. The number of rotatable bonds is 5. The van der Waals surface area contributed by atoms with Gasteiger partial charge in [0.1, 0.15) is 0 Å². The Morgan fingerprint density at radius 3 is 3.17 bits per heavy atom. The summed E-state index contributed by atoms with van der Waals surface area (Å²) in [6.07, 6.45) is 3.08. The van der Waals surface area contributed by atoms with Crippen LogP contribution in [0.4, 0.5) is 0 Å². The van der Waals surface area contributed by atoms with Crippen LogP contribution in [0.5, 0.6) is 0 Å². The van der Waals surface area contributed by atoms with E-state index in [2.05, 4.69) is 33.2 Å². The quantitative estimate of drug-likeness (QED) is 0.810. The van der Waals surface area contributed by atoms with Crippen LogP contribution in [0.1, 0.15) is 18.2 Å². The Morgan fingerprint density at radius 2 is 2.58 bits per heavy atom. The summed E-state index contributed by atoms with van der Waals surface area (Å²) >= 11 is 5.12. The van der Waals surface area contributed by atoms with E-state index in [1.807, 2.05) is 11.7 Å². The summed E-state index contributed by atoms with van der Waals surface area (Å²) < 4.78 is 0. The van der Waals surface area contributed by atoms with E-state index in [4.69, 9.17) is 0 Å². The van der Waals surface area contributed by atoms with Crippen molar-refractivity contribution in [1.29, 1.82) is 0 Å². The summed E-state index contributed by atoms with van der Waals surface area (Å²) in [4.78, 5) is 5.32. The van der Waals surface area contributed by atoms with Crippen molar-refractivity contribution >= 4 is 27.3 Å². The molecule has 1 rings (SSSR count). The van der Waals surface area contributed by atoms with Gasteiger partial charge in [0.15, 0.2) is 0 Å². The Kier molecular flexibility index (Phi) is 4.80. The van der Waals surface area contributed by atoms with Gasteiger partial charge in [0.25, 0.3) is 0 Å². The lowest BCUT2D eigenvalue weighted by molar-refractivity contribution is 0.541. The van der Waals surface area contributed by atoms with Crippen LogP contribution in [0, 0.1) is 0 Å². The topological polar surface area (TPSA) is 24.9 Å². The molecule has 0 aromatic carbocycles. The van der Waals surface area contributed by atoms with E-state index >= 15 is 0 Å². The van der Waals surface area contributed by atoms with E-state index in [0.717, 1.165) is 11.9 Å². The van der Waals surface area contributed by atoms with E-state index in [1.54, 1.807) is 11.3 Å². The van der Waals surface area contributed by atoms with Crippen LogP contribution in [-0.2, 0) is 6.54 Å². The Bertz CT molecular complexity index is 201. The first-order valence-corrected chi connectivity index (χ1v) is 5.99. The SMILES string of the molecule is CC(CCBr)NCc1cncs1. The van der Waals surface area contributed by atoms with Gasteiger partial charge in [0.2, 0.25) is 0 Å². The summed E-state index contributed by atoms with van der Waals surface area (Å²) in [6, 6.07) is 0.575. The standard InChI is InChI=1S/C8H13BrN2S/c1-7(2-3-9)11-5-8-4-10-6-12-8/h4,6-7,11H,2-3,5H2,1H3. The molecule has 1 aromatic rings. The monoisotopic (exact) mass is 248 g/mol. The van der Waals surface area contributed by atoms with Crippen molar-refractivity contribution in [3.05, 3.63) is 16.6 Å². The predicted octanol–water partition coefficient (Wildman–Crippen LogP) is 2.41. The minimum absolute atomic E-state index is 0.575. The average Bonchev–Trinajstić information content (AvgIpc) is 2.53. The normalized spacial score (nSPS) is 13.2. The maximum Gasteiger partial charge on any atom is 0.0794 e. The summed E-state index contributed by atoms with van der Waals surface area (Å²) in [5, 5.41) is 4.49. The van der Waals surface area contributed by atoms with E-state index < -0.39 is 0 Å². The van der Waals surface area contributed by atoms with Crippen molar-refractivity contribution in [2.24, 2.45) is 0 Å². The smallest absolute Gasteiger partial charge is 0.0794 e. The highest BCUT2D eigenvalue weighted by Crippen LogP contribution is 2.05. The van der Waals surface area contributed by atoms with Crippen molar-refractivity contribution in [2.75, 3.05) is 5.33 Å². The first-order valence-electron chi connectivity index (χ1n) is 3.99. The molecule has 1 atom stereocenters. The van der Waals surface area contributed by atoms with Gasteiger partial charge >= 0.3 is 0 Å². The summed E-state index contributed by atoms with van der Waals surface area (Å²) in [6.45, 7) is 3.14. The van der Waals surface area contributed by atoms with Crippen LogP contribution in [0.25, 0.3) is 0 Å². The first kappa shape index (κ1) is 10.2. The van der Waals surface area contributed by atoms with E-state index in [-0.39, 0.29) is 0 Å². The van der Waals surface area contributed by atoms with Gasteiger partial charge in [-0.05, 0) is 13.3 Å². The molecule has 0 aliphatic rings. The molecule has 0 fully saturated rings. The molecule has 68 valence electrons. The summed E-state index contributed by atoms with van der Waals surface area (Å²) in [5.74, 6) is 0. The minimum atomic E-state index is 0.575. The second-order valence-electron chi connectivity index (χ2n) is 2.73. The molecule has 2 nitrogen and oxygen atoms in total. The third-order valence-electron chi connectivity index (χ3n) is 1.65. The third-order valence-corrected chi connectivity index (χ3v) is 2.89. The highest BCUT2D eigenvalue weighted by molar-refractivity contribution is 9.09. The number of halogens is 1. The van der Waals surface area contributed by atoms with Gasteiger partial charge in [-0.25, -0.2) is 0 Å². The fourth-order valence-electron chi connectivity index (χ4n) is 0.870. The molecule has 0 aliphatic heterocycles. The Hall–Kier alpha value is 0.0700. The van der Waals surface area contributed by atoms with Gasteiger partial charge in [-0.3, -0.25) is 4.98 Å². The molecule has 0 spiro atoms. The molecule has 0 saturated carbocycles. The molecule has 0 saturated heterocycles. The molecule has 0 aliphatic carbocycles. The number of hydrogen-bond donors (Lipinski definition) is 1. The van der Waals surface area contributed by atoms with E-state index in [9.17, 15) is 0 Å². The van der Waals surface area contributed by atoms with E-state index in [0.29, 0.717) is 6.04 Å². The lowest BCUT2D eigenvalue weighted by Crippen LogP contribution is -2.25. The Labute approximate surface area is 85.5 Å². The molecule has 0 amide bonds. The van der Waals surface area contributed by atoms with Crippen LogP contribution in [0.3, 0.4) is 0 Å². The fourth-order valence-corrected chi connectivity index (χ4v) is 2.10. The van der Waals surface area contributed by atoms with Crippen LogP contribution in [0.2, 0.25) is 0 Å². The van der Waals surface area contributed by atoms with Gasteiger partial charge in [-0.15, -0.1) is 11.3 Å². The number of alkyl halides is 1. The van der Waals surface area contributed by atoms with Crippen LogP contribution < -0.4 is 5.32 Å². The van der Waals surface area contributed by atoms with Crippen LogP contribution in [-0.4, -0.2) is 16.4 Å². The first-order chi connectivity index (χ1) is 5.83. The molecule has 0 radical (unpaired) electrons. The average molecular weight is 249 g/mol. The second-order valence-corrected chi connectivity index (χ2v) is 4.49. The van der Waals surface area contributed by atoms with Gasteiger partial charge in [-0.1, -0.05) is 15.9 Å². The van der Waals surface area contributed by atoms with Crippen LogP contribution >= 0.6 is 27.3 Å². The lowest BCUT2D eigenvalue weighted by Gasteiger charge is -2.10. The largest absolute Gasteiger partial charge is 0.309 e. The number of hydrogen-bond acceptors (Lipinski definition) is 3. The number of thiazole rings is 1. The third kappa shape index (κ3) is 3.65. The zero-order chi connectivity index (χ0) is 8.81. The molecule has 12 heavy (non-hydrogen) atoms. The van der Waals surface area contributed by atoms with Gasteiger partial charge in [0.05, 0.1) is 5.51 Å². The van der Waals surface area contributed by atoms with E-state index in [1.165, 1.54) is 11.3 Å². The van der Waals surface area contributed by atoms with Gasteiger partial charge in [-0.2, -0.15) is 0 Å². The molecule has 1 N–H and O–H groups in total. The molecule has 4 heteroatoms. The number of nitrogens with zero attached hydrogens (tertiary/aromatic N) is 1. The van der Waals surface area contributed by atoms with Crippen LogP contribution in [0.15, 0.2) is 11.7 Å². The summed E-state index contributed by atoms with van der Waals surface area (Å²) in [7, 11) is 0. The predicted molar refractivity (Wildman–Crippen MR) is 56.8 cm³/mol. The van der Waals surface area contributed by atoms with Gasteiger partial charge < -0.3 is 5.32 Å². The highest BCUT2D eigenvalue weighted by atomic mass is 79.9. The lowest BCUT2D eigenvalue weighted by atomic mass is 10.2.